The predicted molar refractivity (Wildman–Crippen MR) is 36.9 cm³/mol. The third-order valence-electron chi connectivity index (χ3n) is 1.82. The molecule has 3 nitrogen and oxygen atoms in total. The smallest absolute Gasteiger partial charge is 0.191 e. The average molecular weight is 138 g/mol. The van der Waals surface area contributed by atoms with Crippen LogP contribution in [0, 0.1) is 6.92 Å². The molecule has 0 unspecified atom stereocenters. The fraction of sp³-hybridized carbons (Fsp3) is 0.571. The van der Waals surface area contributed by atoms with E-state index >= 15 is 0 Å². The largest absolute Gasteiger partial charge is 0.446 e. The number of aryl methyl sites for hydroxylation is 1. The maximum absolute atomic E-state index is 5.34. The van der Waals surface area contributed by atoms with Gasteiger partial charge in [0.25, 0.3) is 0 Å². The summed E-state index contributed by atoms with van der Waals surface area (Å²) in [4.78, 5) is 4.03. The SMILES string of the molecule is Cc1ncc(C2CNC2)o1. The molecular formula is C7H10N2O. The molecule has 54 valence electrons. The van der Waals surface area contributed by atoms with Gasteiger partial charge in [0, 0.05) is 25.9 Å². The van der Waals surface area contributed by atoms with Crippen LogP contribution in [0.5, 0.6) is 0 Å². The minimum Gasteiger partial charge on any atom is -0.446 e. The Morgan fingerprint density at radius 1 is 1.70 bits per heavy atom. The monoisotopic (exact) mass is 138 g/mol. The summed E-state index contributed by atoms with van der Waals surface area (Å²) < 4.78 is 5.34. The van der Waals surface area contributed by atoms with Gasteiger partial charge in [0.05, 0.1) is 6.20 Å². The minimum absolute atomic E-state index is 0.571. The molecule has 1 aromatic heterocycles. The summed E-state index contributed by atoms with van der Waals surface area (Å²) in [6.07, 6.45) is 1.82. The van der Waals surface area contributed by atoms with Crippen molar-refractivity contribution < 1.29 is 4.42 Å². The zero-order chi connectivity index (χ0) is 6.97. The highest BCUT2D eigenvalue weighted by molar-refractivity contribution is 5.06. The van der Waals surface area contributed by atoms with Crippen molar-refractivity contribution in [1.29, 1.82) is 0 Å². The normalized spacial score (nSPS) is 18.9. The lowest BCUT2D eigenvalue weighted by Gasteiger charge is -2.24. The van der Waals surface area contributed by atoms with Crippen LogP contribution in [0.2, 0.25) is 0 Å². The van der Waals surface area contributed by atoms with Gasteiger partial charge in [0.2, 0.25) is 0 Å². The van der Waals surface area contributed by atoms with E-state index in [1.165, 1.54) is 0 Å². The summed E-state index contributed by atoms with van der Waals surface area (Å²) in [5.41, 5.74) is 0. The van der Waals surface area contributed by atoms with E-state index in [9.17, 15) is 0 Å². The molecule has 0 bridgehead atoms. The van der Waals surface area contributed by atoms with Crippen LogP contribution in [0.25, 0.3) is 0 Å². The second kappa shape index (κ2) is 2.09. The predicted octanol–water partition coefficient (Wildman–Crippen LogP) is 0.670. The summed E-state index contributed by atoms with van der Waals surface area (Å²) in [5.74, 6) is 2.36. The third kappa shape index (κ3) is 0.827. The van der Waals surface area contributed by atoms with Crippen LogP contribution in [0.3, 0.4) is 0 Å². The lowest BCUT2D eigenvalue weighted by atomic mass is 10.0. The van der Waals surface area contributed by atoms with Crippen molar-refractivity contribution >= 4 is 0 Å². The van der Waals surface area contributed by atoms with Gasteiger partial charge in [0.1, 0.15) is 5.76 Å². The third-order valence-corrected chi connectivity index (χ3v) is 1.82. The molecule has 1 fully saturated rings. The van der Waals surface area contributed by atoms with Gasteiger partial charge in [-0.15, -0.1) is 0 Å². The lowest BCUT2D eigenvalue weighted by Crippen LogP contribution is -2.39. The first kappa shape index (κ1) is 5.92. The highest BCUT2D eigenvalue weighted by Gasteiger charge is 2.21. The van der Waals surface area contributed by atoms with Crippen LogP contribution in [-0.4, -0.2) is 18.1 Å². The molecule has 1 aromatic rings. The zero-order valence-corrected chi connectivity index (χ0v) is 5.92. The van der Waals surface area contributed by atoms with E-state index in [1.54, 1.807) is 0 Å². The van der Waals surface area contributed by atoms with E-state index < -0.39 is 0 Å². The Hall–Kier alpha value is -0.830. The van der Waals surface area contributed by atoms with Gasteiger partial charge in [-0.2, -0.15) is 0 Å². The van der Waals surface area contributed by atoms with Gasteiger partial charge < -0.3 is 9.73 Å². The highest BCUT2D eigenvalue weighted by Crippen LogP contribution is 2.19. The minimum atomic E-state index is 0.571. The highest BCUT2D eigenvalue weighted by atomic mass is 16.4. The van der Waals surface area contributed by atoms with Crippen molar-refractivity contribution in [1.82, 2.24) is 10.3 Å². The van der Waals surface area contributed by atoms with Gasteiger partial charge in [-0.1, -0.05) is 0 Å². The molecule has 0 aromatic carbocycles. The van der Waals surface area contributed by atoms with Gasteiger partial charge >= 0.3 is 0 Å². The molecule has 0 atom stereocenters. The molecule has 0 saturated carbocycles. The first-order valence-corrected chi connectivity index (χ1v) is 3.49. The summed E-state index contributed by atoms with van der Waals surface area (Å²) in [6, 6.07) is 0. The molecule has 1 saturated heterocycles. The number of aromatic nitrogens is 1. The van der Waals surface area contributed by atoms with Crippen LogP contribution in [0.15, 0.2) is 10.6 Å². The molecule has 1 aliphatic rings. The van der Waals surface area contributed by atoms with E-state index in [1.807, 2.05) is 13.1 Å². The molecule has 0 amide bonds. The standard InChI is InChI=1S/C7H10N2O/c1-5-9-4-7(10-5)6-2-8-3-6/h4,6,8H,2-3H2,1H3. The Morgan fingerprint density at radius 2 is 2.50 bits per heavy atom. The average Bonchev–Trinajstić information content (AvgIpc) is 2.10. The zero-order valence-electron chi connectivity index (χ0n) is 5.92. The van der Waals surface area contributed by atoms with Crippen molar-refractivity contribution in [2.24, 2.45) is 0 Å². The van der Waals surface area contributed by atoms with Crippen LogP contribution in [-0.2, 0) is 0 Å². The molecule has 2 heterocycles. The molecule has 0 spiro atoms. The maximum atomic E-state index is 5.34. The van der Waals surface area contributed by atoms with Crippen LogP contribution in [0.1, 0.15) is 17.6 Å². The van der Waals surface area contributed by atoms with E-state index in [4.69, 9.17) is 4.42 Å². The van der Waals surface area contributed by atoms with E-state index in [0.717, 1.165) is 24.7 Å². The van der Waals surface area contributed by atoms with Gasteiger partial charge in [-0.3, -0.25) is 0 Å². The summed E-state index contributed by atoms with van der Waals surface area (Å²) >= 11 is 0. The molecule has 0 radical (unpaired) electrons. The van der Waals surface area contributed by atoms with E-state index in [2.05, 4.69) is 10.3 Å². The number of oxazole rings is 1. The van der Waals surface area contributed by atoms with Crippen molar-refractivity contribution in [2.45, 2.75) is 12.8 Å². The molecule has 3 heteroatoms. The Balaban J connectivity index is 2.17. The van der Waals surface area contributed by atoms with Crippen LogP contribution in [0.4, 0.5) is 0 Å². The number of hydrogen-bond acceptors (Lipinski definition) is 3. The van der Waals surface area contributed by atoms with Crippen molar-refractivity contribution in [3.05, 3.63) is 17.8 Å². The second-order valence-electron chi connectivity index (χ2n) is 2.64. The summed E-state index contributed by atoms with van der Waals surface area (Å²) in [6.45, 7) is 3.94. The van der Waals surface area contributed by atoms with Gasteiger partial charge in [0.15, 0.2) is 5.89 Å². The summed E-state index contributed by atoms with van der Waals surface area (Å²) in [7, 11) is 0. The topological polar surface area (TPSA) is 38.1 Å². The molecule has 10 heavy (non-hydrogen) atoms. The van der Waals surface area contributed by atoms with E-state index in [0.29, 0.717) is 5.92 Å². The Kier molecular flexibility index (Phi) is 1.24. The van der Waals surface area contributed by atoms with Gasteiger partial charge in [-0.05, 0) is 0 Å². The molecule has 2 rings (SSSR count). The fourth-order valence-corrected chi connectivity index (χ4v) is 1.06. The second-order valence-corrected chi connectivity index (χ2v) is 2.64. The fourth-order valence-electron chi connectivity index (χ4n) is 1.06. The van der Waals surface area contributed by atoms with Crippen LogP contribution < -0.4 is 5.32 Å². The van der Waals surface area contributed by atoms with Crippen molar-refractivity contribution in [2.75, 3.05) is 13.1 Å². The number of nitrogens with zero attached hydrogens (tertiary/aromatic N) is 1. The molecule has 0 aliphatic carbocycles. The Bertz CT molecular complexity index is 227. The first-order chi connectivity index (χ1) is 4.86. The van der Waals surface area contributed by atoms with E-state index in [-0.39, 0.29) is 0 Å². The molecule has 1 aliphatic heterocycles. The van der Waals surface area contributed by atoms with Gasteiger partial charge in [-0.25, -0.2) is 4.98 Å². The molecule has 1 N–H and O–H groups in total. The number of rotatable bonds is 1. The quantitative estimate of drug-likeness (QED) is 0.619. The maximum Gasteiger partial charge on any atom is 0.191 e. The first-order valence-electron chi connectivity index (χ1n) is 3.49. The summed E-state index contributed by atoms with van der Waals surface area (Å²) in [5, 5.41) is 3.18. The van der Waals surface area contributed by atoms with Crippen LogP contribution >= 0.6 is 0 Å². The Morgan fingerprint density at radius 3 is 2.90 bits per heavy atom. The molecular weight excluding hydrogens is 128 g/mol. The lowest BCUT2D eigenvalue weighted by molar-refractivity contribution is 0.360. The Labute approximate surface area is 59.4 Å². The number of nitrogens with one attached hydrogen (secondary N) is 1. The van der Waals surface area contributed by atoms with Crippen molar-refractivity contribution in [3.8, 4) is 0 Å². The van der Waals surface area contributed by atoms with Crippen molar-refractivity contribution in [3.63, 3.8) is 0 Å². The number of hydrogen-bond donors (Lipinski definition) is 1.